The van der Waals surface area contributed by atoms with Crippen molar-refractivity contribution in [2.45, 2.75) is 57.6 Å². The van der Waals surface area contributed by atoms with E-state index in [0.29, 0.717) is 5.92 Å². The highest BCUT2D eigenvalue weighted by Crippen LogP contribution is 2.26. The molecule has 20 heavy (non-hydrogen) atoms. The molecule has 1 fully saturated rings. The van der Waals surface area contributed by atoms with Crippen LogP contribution in [-0.4, -0.2) is 52.3 Å². The molecular formula is C14H26N2O4. The largest absolute Gasteiger partial charge is 0.481 e. The normalized spacial score (nSPS) is 25.6. The Labute approximate surface area is 120 Å². The highest BCUT2D eigenvalue weighted by molar-refractivity contribution is 5.74. The number of nitrogens with one attached hydrogen (secondary N) is 1. The van der Waals surface area contributed by atoms with Crippen LogP contribution in [0.1, 0.15) is 46.0 Å². The Bertz CT molecular complexity index is 357. The van der Waals surface area contributed by atoms with Crippen LogP contribution >= 0.6 is 0 Å². The molecule has 0 aromatic rings. The molecule has 3 N–H and O–H groups in total. The number of rotatable bonds is 5. The molecule has 0 aliphatic heterocycles. The van der Waals surface area contributed by atoms with Gasteiger partial charge >= 0.3 is 12.0 Å². The van der Waals surface area contributed by atoms with Crippen LogP contribution in [0.5, 0.6) is 0 Å². The summed E-state index contributed by atoms with van der Waals surface area (Å²) in [4.78, 5) is 24.3. The minimum atomic E-state index is -1.43. The Morgan fingerprint density at radius 3 is 2.60 bits per heavy atom. The van der Waals surface area contributed by atoms with Gasteiger partial charge in [0.25, 0.3) is 0 Å². The van der Waals surface area contributed by atoms with E-state index in [1.165, 1.54) is 13.3 Å². The summed E-state index contributed by atoms with van der Waals surface area (Å²) in [6.45, 7) is 3.53. The molecule has 1 aliphatic rings. The molecule has 2 amide bonds. The first-order valence-corrected chi connectivity index (χ1v) is 7.16. The molecule has 0 aromatic carbocycles. The Morgan fingerprint density at radius 1 is 1.40 bits per heavy atom. The highest BCUT2D eigenvalue weighted by atomic mass is 16.4. The van der Waals surface area contributed by atoms with Crippen LogP contribution in [0, 0.1) is 5.92 Å². The lowest BCUT2D eigenvalue weighted by atomic mass is 9.86. The maximum absolute atomic E-state index is 12.0. The average Bonchev–Trinajstić information content (AvgIpc) is 2.33. The zero-order valence-corrected chi connectivity index (χ0v) is 12.6. The number of aliphatic carboxylic acids is 1. The van der Waals surface area contributed by atoms with E-state index in [4.69, 9.17) is 5.11 Å². The number of carboxylic acids is 1. The monoisotopic (exact) mass is 286 g/mol. The number of carbonyl (C=O) groups excluding carboxylic acids is 1. The molecule has 0 bridgehead atoms. The molecule has 0 radical (unpaired) electrons. The number of hydrogen-bond acceptors (Lipinski definition) is 3. The Morgan fingerprint density at radius 2 is 2.05 bits per heavy atom. The van der Waals surface area contributed by atoms with Gasteiger partial charge in [-0.2, -0.15) is 0 Å². The lowest BCUT2D eigenvalue weighted by molar-refractivity contribution is -0.141. The first kappa shape index (κ1) is 16.8. The van der Waals surface area contributed by atoms with E-state index in [9.17, 15) is 14.7 Å². The Kier molecular flexibility index (Phi) is 5.80. The predicted molar refractivity (Wildman–Crippen MR) is 75.5 cm³/mol. The molecular weight excluding hydrogens is 260 g/mol. The summed E-state index contributed by atoms with van der Waals surface area (Å²) < 4.78 is 0. The highest BCUT2D eigenvalue weighted by Gasteiger charge is 2.28. The van der Waals surface area contributed by atoms with Crippen LogP contribution in [0.3, 0.4) is 0 Å². The maximum atomic E-state index is 12.0. The van der Waals surface area contributed by atoms with Gasteiger partial charge in [-0.15, -0.1) is 0 Å². The second-order valence-corrected chi connectivity index (χ2v) is 6.26. The van der Waals surface area contributed by atoms with Gasteiger partial charge in [-0.3, -0.25) is 4.79 Å². The van der Waals surface area contributed by atoms with E-state index in [1.807, 2.05) is 0 Å². The van der Waals surface area contributed by atoms with Crippen LogP contribution in [0.15, 0.2) is 0 Å². The lowest BCUT2D eigenvalue weighted by Gasteiger charge is -2.34. The SMILES string of the molecule is CC1CCCC(N(C)C(=O)NCC(C)(O)CC(=O)O)C1. The molecule has 6 heteroatoms. The van der Waals surface area contributed by atoms with Gasteiger partial charge in [0.05, 0.1) is 12.0 Å². The third-order valence-electron chi connectivity index (χ3n) is 3.93. The second-order valence-electron chi connectivity index (χ2n) is 6.26. The molecule has 1 rings (SSSR count). The van der Waals surface area contributed by atoms with Crippen LogP contribution in [0.25, 0.3) is 0 Å². The first-order valence-electron chi connectivity index (χ1n) is 7.16. The van der Waals surface area contributed by atoms with Gasteiger partial charge in [-0.1, -0.05) is 19.8 Å². The van der Waals surface area contributed by atoms with Crippen molar-refractivity contribution in [2.24, 2.45) is 5.92 Å². The van der Waals surface area contributed by atoms with Crippen molar-refractivity contribution in [1.29, 1.82) is 0 Å². The fourth-order valence-corrected chi connectivity index (χ4v) is 2.70. The van der Waals surface area contributed by atoms with E-state index < -0.39 is 18.0 Å². The Balaban J connectivity index is 2.43. The van der Waals surface area contributed by atoms with Crippen molar-refractivity contribution in [3.63, 3.8) is 0 Å². The van der Waals surface area contributed by atoms with Gasteiger partial charge in [-0.05, 0) is 25.7 Å². The minimum absolute atomic E-state index is 0.0647. The molecule has 3 unspecified atom stereocenters. The number of aliphatic hydroxyl groups is 1. The van der Waals surface area contributed by atoms with Crippen LogP contribution in [0.2, 0.25) is 0 Å². The van der Waals surface area contributed by atoms with E-state index in [2.05, 4.69) is 12.2 Å². The summed E-state index contributed by atoms with van der Waals surface area (Å²) in [5, 5.41) is 21.1. The van der Waals surface area contributed by atoms with E-state index >= 15 is 0 Å². The van der Waals surface area contributed by atoms with Crippen molar-refractivity contribution in [3.05, 3.63) is 0 Å². The fraction of sp³-hybridized carbons (Fsp3) is 0.857. The molecule has 0 saturated heterocycles. The molecule has 1 saturated carbocycles. The summed E-state index contributed by atoms with van der Waals surface area (Å²) in [5.41, 5.74) is -1.43. The third kappa shape index (κ3) is 5.36. The third-order valence-corrected chi connectivity index (χ3v) is 3.93. The number of carboxylic acid groups (broad SMARTS) is 1. The minimum Gasteiger partial charge on any atom is -0.481 e. The second kappa shape index (κ2) is 6.92. The molecule has 1 aliphatic carbocycles. The number of nitrogens with zero attached hydrogens (tertiary/aromatic N) is 1. The van der Waals surface area contributed by atoms with Crippen LogP contribution in [0.4, 0.5) is 4.79 Å². The standard InChI is InChI=1S/C14H26N2O4/c1-10-5-4-6-11(7-10)16(3)13(19)15-9-14(2,20)8-12(17)18/h10-11,20H,4-9H2,1-3H3,(H,15,19)(H,17,18). The molecule has 0 aromatic heterocycles. The zero-order chi connectivity index (χ0) is 15.3. The van der Waals surface area contributed by atoms with Gasteiger partial charge < -0.3 is 20.4 Å². The van der Waals surface area contributed by atoms with E-state index in [0.717, 1.165) is 19.3 Å². The number of hydrogen-bond donors (Lipinski definition) is 3. The van der Waals surface area contributed by atoms with Gasteiger partial charge in [0.15, 0.2) is 0 Å². The summed E-state index contributed by atoms with van der Waals surface area (Å²) in [5.74, 6) is -0.460. The first-order chi connectivity index (χ1) is 9.21. The quantitative estimate of drug-likeness (QED) is 0.713. The maximum Gasteiger partial charge on any atom is 0.317 e. The molecule has 0 spiro atoms. The molecule has 3 atom stereocenters. The van der Waals surface area contributed by atoms with Gasteiger partial charge in [-0.25, -0.2) is 4.79 Å². The Hall–Kier alpha value is -1.30. The summed E-state index contributed by atoms with van der Waals surface area (Å²) in [6.07, 6.45) is 3.94. The van der Waals surface area contributed by atoms with Crippen molar-refractivity contribution in [2.75, 3.05) is 13.6 Å². The van der Waals surface area contributed by atoms with Gasteiger partial charge in [0.2, 0.25) is 0 Å². The van der Waals surface area contributed by atoms with Crippen molar-refractivity contribution >= 4 is 12.0 Å². The van der Waals surface area contributed by atoms with Crippen molar-refractivity contribution < 1.29 is 19.8 Å². The summed E-state index contributed by atoms with van der Waals surface area (Å²) in [6, 6.07) is -0.0297. The smallest absolute Gasteiger partial charge is 0.317 e. The van der Waals surface area contributed by atoms with Crippen LogP contribution in [-0.2, 0) is 4.79 Å². The average molecular weight is 286 g/mol. The summed E-state index contributed by atoms with van der Waals surface area (Å²) >= 11 is 0. The number of urea groups is 1. The zero-order valence-electron chi connectivity index (χ0n) is 12.6. The van der Waals surface area contributed by atoms with Crippen molar-refractivity contribution in [3.8, 4) is 0 Å². The molecule has 116 valence electrons. The summed E-state index contributed by atoms with van der Waals surface area (Å²) in [7, 11) is 1.75. The van der Waals surface area contributed by atoms with Gasteiger partial charge in [0.1, 0.15) is 0 Å². The molecule has 6 nitrogen and oxygen atoms in total. The van der Waals surface area contributed by atoms with Crippen molar-refractivity contribution in [1.82, 2.24) is 10.2 Å². The number of amides is 2. The molecule has 0 heterocycles. The lowest BCUT2D eigenvalue weighted by Crippen LogP contribution is -2.49. The van der Waals surface area contributed by atoms with E-state index in [-0.39, 0.29) is 18.6 Å². The van der Waals surface area contributed by atoms with E-state index in [1.54, 1.807) is 11.9 Å². The van der Waals surface area contributed by atoms with Gasteiger partial charge in [0, 0.05) is 19.6 Å². The topological polar surface area (TPSA) is 89.9 Å². The number of carbonyl (C=O) groups is 2. The predicted octanol–water partition coefficient (Wildman–Crippen LogP) is 1.43. The fourth-order valence-electron chi connectivity index (χ4n) is 2.70. The van der Waals surface area contributed by atoms with Crippen LogP contribution < -0.4 is 5.32 Å².